The van der Waals surface area contributed by atoms with Crippen molar-refractivity contribution < 1.29 is 14.4 Å². The maximum absolute atomic E-state index is 11.0. The lowest BCUT2D eigenvalue weighted by molar-refractivity contribution is -0.386. The molecule has 2 rings (SSSR count). The van der Waals surface area contributed by atoms with E-state index in [9.17, 15) is 10.1 Å². The summed E-state index contributed by atoms with van der Waals surface area (Å²) >= 11 is 3.53. The molecule has 0 bridgehead atoms. The number of aryl methyl sites for hydroxylation is 1. The van der Waals surface area contributed by atoms with E-state index >= 15 is 0 Å². The number of rotatable bonds is 6. The Morgan fingerprint density at radius 1 is 1.50 bits per heavy atom. The van der Waals surface area contributed by atoms with Crippen LogP contribution in [0, 0.1) is 17.0 Å². The van der Waals surface area contributed by atoms with E-state index in [0.717, 1.165) is 18.4 Å². The quantitative estimate of drug-likeness (QED) is 0.449. The van der Waals surface area contributed by atoms with Crippen LogP contribution in [0.15, 0.2) is 18.2 Å². The molecule has 0 aliphatic heterocycles. The van der Waals surface area contributed by atoms with Crippen molar-refractivity contribution in [3.63, 3.8) is 0 Å². The van der Waals surface area contributed by atoms with E-state index in [1.165, 1.54) is 6.07 Å². The smallest absolute Gasteiger partial charge is 0.310 e. The molecular formula is C14H18BrNO4. The molecule has 20 heavy (non-hydrogen) atoms. The highest BCUT2D eigenvalue weighted by Crippen LogP contribution is 2.37. The lowest BCUT2D eigenvalue weighted by atomic mass is 9.91. The largest absolute Gasteiger partial charge is 0.481 e. The van der Waals surface area contributed by atoms with Gasteiger partial charge in [0.2, 0.25) is 0 Å². The molecule has 3 unspecified atom stereocenters. The average Bonchev–Trinajstić information content (AvgIpc) is 2.38. The van der Waals surface area contributed by atoms with E-state index in [-0.39, 0.29) is 22.7 Å². The third-order valence-electron chi connectivity index (χ3n) is 3.29. The van der Waals surface area contributed by atoms with E-state index in [4.69, 9.17) is 9.47 Å². The molecule has 5 nitrogen and oxygen atoms in total. The van der Waals surface area contributed by atoms with E-state index in [0.29, 0.717) is 12.4 Å². The van der Waals surface area contributed by atoms with Crippen molar-refractivity contribution in [2.24, 2.45) is 0 Å². The van der Waals surface area contributed by atoms with E-state index in [1.54, 1.807) is 12.1 Å². The van der Waals surface area contributed by atoms with Crippen LogP contribution in [0.3, 0.4) is 0 Å². The molecule has 110 valence electrons. The van der Waals surface area contributed by atoms with E-state index in [1.807, 2.05) is 13.8 Å². The van der Waals surface area contributed by atoms with E-state index < -0.39 is 4.92 Å². The van der Waals surface area contributed by atoms with Crippen LogP contribution in [-0.4, -0.2) is 28.6 Å². The summed E-state index contributed by atoms with van der Waals surface area (Å²) < 4.78 is 11.5. The van der Waals surface area contributed by atoms with Gasteiger partial charge in [-0.05, 0) is 25.0 Å². The zero-order chi connectivity index (χ0) is 14.7. The van der Waals surface area contributed by atoms with Gasteiger partial charge in [0, 0.05) is 23.9 Å². The van der Waals surface area contributed by atoms with Crippen LogP contribution in [0.4, 0.5) is 5.69 Å². The highest BCUT2D eigenvalue weighted by Gasteiger charge is 2.43. The van der Waals surface area contributed by atoms with Gasteiger partial charge in [0.25, 0.3) is 0 Å². The van der Waals surface area contributed by atoms with Crippen LogP contribution >= 0.6 is 15.9 Å². The number of alkyl halides is 1. The number of benzene rings is 1. The minimum absolute atomic E-state index is 0.00265. The number of halogens is 1. The Labute approximate surface area is 126 Å². The van der Waals surface area contributed by atoms with Crippen molar-refractivity contribution >= 4 is 21.6 Å². The Morgan fingerprint density at radius 3 is 2.85 bits per heavy atom. The molecule has 0 N–H and O–H groups in total. The monoisotopic (exact) mass is 343 g/mol. The second-order valence-corrected chi connectivity index (χ2v) is 6.15. The number of hydrogen-bond acceptors (Lipinski definition) is 4. The highest BCUT2D eigenvalue weighted by atomic mass is 79.9. The van der Waals surface area contributed by atoms with Crippen LogP contribution in [-0.2, 0) is 4.74 Å². The molecule has 1 aromatic rings. The predicted octanol–water partition coefficient (Wildman–Crippen LogP) is 3.61. The normalized spacial score (nSPS) is 25.1. The van der Waals surface area contributed by atoms with E-state index in [2.05, 4.69) is 15.9 Å². The summed E-state index contributed by atoms with van der Waals surface area (Å²) in [6, 6.07) is 4.90. The molecule has 0 radical (unpaired) electrons. The van der Waals surface area contributed by atoms with Gasteiger partial charge in [-0.1, -0.05) is 28.9 Å². The van der Waals surface area contributed by atoms with Crippen molar-refractivity contribution in [3.8, 4) is 5.75 Å². The summed E-state index contributed by atoms with van der Waals surface area (Å²) in [5, 5.41) is 11.0. The zero-order valence-corrected chi connectivity index (χ0v) is 13.1. The molecule has 3 atom stereocenters. The standard InChI is InChI=1S/C14H18BrNO4/c1-3-6-19-14-10(15)8-13(14)20-12-7-9(2)4-5-11(12)16(17)18/h4-5,7,10,13-14H,3,6,8H2,1-2H3. The minimum atomic E-state index is -0.416. The Bertz CT molecular complexity index is 494. The van der Waals surface area contributed by atoms with Crippen molar-refractivity contribution in [1.29, 1.82) is 0 Å². The Hall–Kier alpha value is -1.14. The second kappa shape index (κ2) is 6.54. The van der Waals surface area contributed by atoms with Crippen molar-refractivity contribution in [1.82, 2.24) is 0 Å². The molecule has 0 aromatic heterocycles. The second-order valence-electron chi connectivity index (χ2n) is 4.97. The van der Waals surface area contributed by atoms with Crippen LogP contribution in [0.25, 0.3) is 0 Å². The first kappa shape index (κ1) is 15.3. The maximum Gasteiger partial charge on any atom is 0.310 e. The van der Waals surface area contributed by atoms with Gasteiger partial charge in [-0.25, -0.2) is 0 Å². The van der Waals surface area contributed by atoms with Crippen LogP contribution in [0.1, 0.15) is 25.3 Å². The third kappa shape index (κ3) is 3.30. The first-order chi connectivity index (χ1) is 9.52. The number of nitro groups is 1. The molecule has 1 saturated carbocycles. The molecule has 1 aromatic carbocycles. The van der Waals surface area contributed by atoms with Crippen molar-refractivity contribution in [2.75, 3.05) is 6.61 Å². The van der Waals surface area contributed by atoms with Gasteiger partial charge >= 0.3 is 5.69 Å². The van der Waals surface area contributed by atoms with Crippen molar-refractivity contribution in [3.05, 3.63) is 33.9 Å². The zero-order valence-electron chi connectivity index (χ0n) is 11.5. The first-order valence-electron chi connectivity index (χ1n) is 6.70. The summed E-state index contributed by atoms with van der Waals surface area (Å²) in [6.07, 6.45) is 1.55. The lowest BCUT2D eigenvalue weighted by Crippen LogP contribution is -2.52. The lowest BCUT2D eigenvalue weighted by Gasteiger charge is -2.40. The van der Waals surface area contributed by atoms with Crippen LogP contribution in [0.5, 0.6) is 5.75 Å². The average molecular weight is 344 g/mol. The summed E-state index contributed by atoms with van der Waals surface area (Å²) in [4.78, 5) is 10.9. The first-order valence-corrected chi connectivity index (χ1v) is 7.62. The molecule has 1 aliphatic carbocycles. The summed E-state index contributed by atoms with van der Waals surface area (Å²) in [5.74, 6) is 0.324. The summed E-state index contributed by atoms with van der Waals surface area (Å²) in [7, 11) is 0. The third-order valence-corrected chi connectivity index (χ3v) is 4.18. The fraction of sp³-hybridized carbons (Fsp3) is 0.571. The van der Waals surface area contributed by atoms with Crippen LogP contribution < -0.4 is 4.74 Å². The SMILES string of the molecule is CCCOC1C(Br)CC1Oc1cc(C)ccc1[N+](=O)[O-]. The van der Waals surface area contributed by atoms with Gasteiger partial charge in [-0.15, -0.1) is 0 Å². The van der Waals surface area contributed by atoms with Gasteiger partial charge in [0.15, 0.2) is 5.75 Å². The van der Waals surface area contributed by atoms with Gasteiger partial charge in [0.05, 0.1) is 4.92 Å². The number of hydrogen-bond donors (Lipinski definition) is 0. The Balaban J connectivity index is 2.09. The molecule has 0 heterocycles. The molecule has 1 fully saturated rings. The fourth-order valence-electron chi connectivity index (χ4n) is 2.14. The molecule has 1 aliphatic rings. The molecule has 0 saturated heterocycles. The number of nitrogens with zero attached hydrogens (tertiary/aromatic N) is 1. The molecular weight excluding hydrogens is 326 g/mol. The van der Waals surface area contributed by atoms with Gasteiger partial charge < -0.3 is 9.47 Å². The highest BCUT2D eigenvalue weighted by molar-refractivity contribution is 9.09. The number of nitro benzene ring substituents is 1. The maximum atomic E-state index is 11.0. The summed E-state index contributed by atoms with van der Waals surface area (Å²) in [5.41, 5.74) is 0.939. The van der Waals surface area contributed by atoms with Gasteiger partial charge in [-0.2, -0.15) is 0 Å². The van der Waals surface area contributed by atoms with Gasteiger partial charge in [-0.3, -0.25) is 10.1 Å². The molecule has 0 amide bonds. The molecule has 0 spiro atoms. The topological polar surface area (TPSA) is 61.6 Å². The fourth-order valence-corrected chi connectivity index (χ4v) is 3.00. The Kier molecular flexibility index (Phi) is 4.99. The summed E-state index contributed by atoms with van der Waals surface area (Å²) in [6.45, 7) is 4.60. The van der Waals surface area contributed by atoms with Crippen LogP contribution in [0.2, 0.25) is 0 Å². The van der Waals surface area contributed by atoms with Crippen molar-refractivity contribution in [2.45, 2.75) is 43.7 Å². The predicted molar refractivity (Wildman–Crippen MR) is 79.6 cm³/mol. The minimum Gasteiger partial charge on any atom is -0.481 e. The number of ether oxygens (including phenoxy) is 2. The molecule has 6 heteroatoms. The van der Waals surface area contributed by atoms with Gasteiger partial charge in [0.1, 0.15) is 12.2 Å². The Morgan fingerprint density at radius 2 is 2.25 bits per heavy atom.